The van der Waals surface area contributed by atoms with Crippen molar-refractivity contribution in [1.29, 1.82) is 5.26 Å². The Morgan fingerprint density at radius 1 is 1.24 bits per heavy atom. The maximum absolute atomic E-state index is 10.5. The summed E-state index contributed by atoms with van der Waals surface area (Å²) < 4.78 is 0. The lowest BCUT2D eigenvalue weighted by atomic mass is 9.95. The van der Waals surface area contributed by atoms with E-state index < -0.39 is 6.10 Å². The molecule has 1 unspecified atom stereocenters. The quantitative estimate of drug-likeness (QED) is 0.793. The molecule has 0 fully saturated rings. The van der Waals surface area contributed by atoms with Gasteiger partial charge in [0, 0.05) is 11.8 Å². The van der Waals surface area contributed by atoms with Gasteiger partial charge in [0.2, 0.25) is 0 Å². The number of halogens is 1. The van der Waals surface area contributed by atoms with Crippen LogP contribution in [0, 0.1) is 11.3 Å². The molecule has 1 atom stereocenters. The van der Waals surface area contributed by atoms with E-state index in [9.17, 15) is 5.11 Å². The van der Waals surface area contributed by atoms with Gasteiger partial charge in [-0.05, 0) is 29.3 Å². The highest BCUT2D eigenvalue weighted by atomic mass is 35.5. The Hall–Kier alpha value is -2.15. The van der Waals surface area contributed by atoms with Gasteiger partial charge in [0.15, 0.2) is 0 Å². The van der Waals surface area contributed by atoms with E-state index in [1.54, 1.807) is 36.5 Å². The lowest BCUT2D eigenvalue weighted by molar-refractivity contribution is 0.219. The molecule has 1 aromatic carbocycles. The van der Waals surface area contributed by atoms with Crippen molar-refractivity contribution >= 4 is 23.8 Å². The van der Waals surface area contributed by atoms with Crippen LogP contribution < -0.4 is 0 Å². The maximum atomic E-state index is 10.5. The Morgan fingerprint density at radius 2 is 2.00 bits per heavy atom. The molecule has 0 spiro atoms. The zero-order chi connectivity index (χ0) is 15.4. The molecule has 0 amide bonds. The Labute approximate surface area is 129 Å². The van der Waals surface area contributed by atoms with Crippen molar-refractivity contribution in [3.05, 3.63) is 63.4 Å². The third-order valence-corrected chi connectivity index (χ3v) is 3.38. The van der Waals surface area contributed by atoms with Crippen LogP contribution >= 0.6 is 11.6 Å². The predicted molar refractivity (Wildman–Crippen MR) is 84.7 cm³/mol. The number of aliphatic hydroxyl groups excluding tert-OH is 1. The van der Waals surface area contributed by atoms with Crippen LogP contribution in [0.1, 0.15) is 47.9 Å². The van der Waals surface area contributed by atoms with Crippen molar-refractivity contribution in [3.63, 3.8) is 0 Å². The molecule has 4 heteroatoms. The van der Waals surface area contributed by atoms with E-state index in [4.69, 9.17) is 16.9 Å². The van der Waals surface area contributed by atoms with Crippen LogP contribution in [0.5, 0.6) is 0 Å². The normalized spacial score (nSPS) is 14.9. The summed E-state index contributed by atoms with van der Waals surface area (Å²) in [4.78, 5) is 4.21. The second-order valence-electron chi connectivity index (χ2n) is 4.28. The van der Waals surface area contributed by atoms with E-state index in [0.717, 1.165) is 5.56 Å². The van der Waals surface area contributed by atoms with Crippen LogP contribution in [0.2, 0.25) is 5.02 Å². The number of hydrogen-bond donors (Lipinski definition) is 1. The van der Waals surface area contributed by atoms with Gasteiger partial charge in [-0.3, -0.25) is 4.98 Å². The lowest BCUT2D eigenvalue weighted by Gasteiger charge is -2.14. The molecule has 2 aromatic rings. The fourth-order valence-corrected chi connectivity index (χ4v) is 2.42. The van der Waals surface area contributed by atoms with E-state index in [1.807, 2.05) is 19.9 Å². The Bertz CT molecular complexity index is 732. The number of nitriles is 1. The summed E-state index contributed by atoms with van der Waals surface area (Å²) in [5.74, 6) is 0. The van der Waals surface area contributed by atoms with Gasteiger partial charge in [0.1, 0.15) is 6.10 Å². The summed E-state index contributed by atoms with van der Waals surface area (Å²) in [6.07, 6.45) is 4.31. The molecule has 1 aliphatic carbocycles. The fourth-order valence-electron chi connectivity index (χ4n) is 2.26. The third kappa shape index (κ3) is 2.82. The van der Waals surface area contributed by atoms with Gasteiger partial charge < -0.3 is 5.11 Å². The summed E-state index contributed by atoms with van der Waals surface area (Å²) in [7, 11) is 0. The highest BCUT2D eigenvalue weighted by Gasteiger charge is 2.21. The fraction of sp³-hybridized carbons (Fsp3) is 0.176. The molecule has 106 valence electrons. The SMILES string of the molecule is CC.N#Cc1cccc2c1C=Cc1ncc(Cl)cc1C2O. The van der Waals surface area contributed by atoms with Crippen molar-refractivity contribution in [1.82, 2.24) is 4.98 Å². The first kappa shape index (κ1) is 15.2. The molecule has 1 N–H and O–H groups in total. The first-order chi connectivity index (χ1) is 10.2. The van der Waals surface area contributed by atoms with E-state index in [1.165, 1.54) is 0 Å². The third-order valence-electron chi connectivity index (χ3n) is 3.17. The van der Waals surface area contributed by atoms with Crippen molar-refractivity contribution in [2.45, 2.75) is 20.0 Å². The molecule has 3 nitrogen and oxygen atoms in total. The molecule has 3 rings (SSSR count). The molecule has 0 saturated carbocycles. The molecule has 0 radical (unpaired) electrons. The molecule has 1 aromatic heterocycles. The average molecular weight is 299 g/mol. The lowest BCUT2D eigenvalue weighted by Crippen LogP contribution is -2.04. The number of rotatable bonds is 0. The summed E-state index contributed by atoms with van der Waals surface area (Å²) in [5, 5.41) is 20.1. The number of aliphatic hydroxyl groups is 1. The molecule has 0 bridgehead atoms. The maximum Gasteiger partial charge on any atom is 0.107 e. The minimum Gasteiger partial charge on any atom is -0.384 e. The van der Waals surface area contributed by atoms with Crippen molar-refractivity contribution in [2.24, 2.45) is 0 Å². The van der Waals surface area contributed by atoms with Gasteiger partial charge >= 0.3 is 0 Å². The standard InChI is InChI=1S/C15H9ClN2O.C2H6/c16-10-6-13-14(18-8-10)5-4-11-9(7-17)2-1-3-12(11)15(13)19;1-2/h1-6,8,15,19H;1-2H3. The van der Waals surface area contributed by atoms with E-state index in [2.05, 4.69) is 11.1 Å². The number of pyridine rings is 1. The summed E-state index contributed by atoms with van der Waals surface area (Å²) in [6.45, 7) is 4.00. The summed E-state index contributed by atoms with van der Waals surface area (Å²) >= 11 is 5.93. The minimum absolute atomic E-state index is 0.478. The number of benzene rings is 1. The first-order valence-electron chi connectivity index (χ1n) is 6.75. The van der Waals surface area contributed by atoms with Crippen molar-refractivity contribution < 1.29 is 5.11 Å². The van der Waals surface area contributed by atoms with Crippen molar-refractivity contribution in [2.75, 3.05) is 0 Å². The van der Waals surface area contributed by atoms with E-state index in [0.29, 0.717) is 27.4 Å². The second-order valence-corrected chi connectivity index (χ2v) is 4.72. The van der Waals surface area contributed by atoms with E-state index in [-0.39, 0.29) is 0 Å². The molecule has 0 saturated heterocycles. The van der Waals surface area contributed by atoms with Crippen LogP contribution in [-0.4, -0.2) is 10.1 Å². The van der Waals surface area contributed by atoms with Gasteiger partial charge in [-0.25, -0.2) is 0 Å². The summed E-state index contributed by atoms with van der Waals surface area (Å²) in [5.41, 5.74) is 3.27. The van der Waals surface area contributed by atoms with Gasteiger partial charge in [-0.2, -0.15) is 5.26 Å². The first-order valence-corrected chi connectivity index (χ1v) is 7.13. The van der Waals surface area contributed by atoms with Gasteiger partial charge in [0.25, 0.3) is 0 Å². The zero-order valence-corrected chi connectivity index (χ0v) is 12.6. The van der Waals surface area contributed by atoms with Gasteiger partial charge in [-0.1, -0.05) is 43.7 Å². The Kier molecular flexibility index (Phi) is 4.74. The number of fused-ring (bicyclic) bond motifs is 2. The predicted octanol–water partition coefficient (Wildman–Crippen LogP) is 4.20. The molecule has 1 heterocycles. The van der Waals surface area contributed by atoms with Crippen molar-refractivity contribution in [3.8, 4) is 6.07 Å². The molecule has 1 aliphatic rings. The smallest absolute Gasteiger partial charge is 0.107 e. The van der Waals surface area contributed by atoms with Crippen LogP contribution in [-0.2, 0) is 0 Å². The highest BCUT2D eigenvalue weighted by molar-refractivity contribution is 6.30. The highest BCUT2D eigenvalue weighted by Crippen LogP contribution is 2.34. The van der Waals surface area contributed by atoms with Crippen LogP contribution in [0.3, 0.4) is 0 Å². The van der Waals surface area contributed by atoms with Crippen LogP contribution in [0.25, 0.3) is 12.2 Å². The van der Waals surface area contributed by atoms with Crippen LogP contribution in [0.4, 0.5) is 0 Å². The molecular formula is C17H15ClN2O. The number of aromatic nitrogens is 1. The molecule has 0 aliphatic heterocycles. The minimum atomic E-state index is -0.834. The Morgan fingerprint density at radius 3 is 2.71 bits per heavy atom. The number of nitrogens with zero attached hydrogens (tertiary/aromatic N) is 2. The summed E-state index contributed by atoms with van der Waals surface area (Å²) in [6, 6.07) is 9.13. The largest absolute Gasteiger partial charge is 0.384 e. The topological polar surface area (TPSA) is 56.9 Å². The van der Waals surface area contributed by atoms with E-state index >= 15 is 0 Å². The molecule has 21 heavy (non-hydrogen) atoms. The zero-order valence-electron chi connectivity index (χ0n) is 11.8. The van der Waals surface area contributed by atoms with Gasteiger partial charge in [0.05, 0.1) is 22.3 Å². The monoisotopic (exact) mass is 298 g/mol. The number of hydrogen-bond acceptors (Lipinski definition) is 3. The molecular weight excluding hydrogens is 284 g/mol. The Balaban J connectivity index is 0.000000774. The average Bonchev–Trinajstić information content (AvgIpc) is 2.67. The van der Waals surface area contributed by atoms with Gasteiger partial charge in [-0.15, -0.1) is 0 Å². The second kappa shape index (κ2) is 6.53. The van der Waals surface area contributed by atoms with Crippen LogP contribution in [0.15, 0.2) is 30.5 Å².